The number of nitrogens with one attached hydrogen (secondary N) is 1. The maximum atomic E-state index is 12.8. The molecule has 2 saturated heterocycles. The first-order valence-corrected chi connectivity index (χ1v) is 14.1. The molecule has 0 aliphatic carbocycles. The number of aromatic amines is 1. The van der Waals surface area contributed by atoms with E-state index in [1.54, 1.807) is 4.90 Å². The molecule has 0 bridgehead atoms. The van der Waals surface area contributed by atoms with E-state index in [1.807, 2.05) is 27.0 Å². The lowest BCUT2D eigenvalue weighted by Crippen LogP contribution is -2.41. The van der Waals surface area contributed by atoms with Crippen molar-refractivity contribution in [1.82, 2.24) is 14.9 Å². The van der Waals surface area contributed by atoms with E-state index in [4.69, 9.17) is 18.8 Å². The summed E-state index contributed by atoms with van der Waals surface area (Å²) in [6.45, 7) is 15.1. The van der Waals surface area contributed by atoms with Crippen LogP contribution in [0, 0.1) is 0 Å². The third-order valence-corrected chi connectivity index (χ3v) is 8.41. The zero-order chi connectivity index (χ0) is 28.4. The molecule has 0 radical (unpaired) electrons. The lowest BCUT2D eigenvalue weighted by Gasteiger charge is -2.32. The van der Waals surface area contributed by atoms with Crippen molar-refractivity contribution in [3.8, 4) is 28.1 Å². The number of aromatic nitrogens is 2. The lowest BCUT2D eigenvalue weighted by atomic mass is 9.77. The molecule has 2 fully saturated rings. The Morgan fingerprint density at radius 3 is 2.52 bits per heavy atom. The van der Waals surface area contributed by atoms with Crippen molar-refractivity contribution in [2.75, 3.05) is 6.54 Å². The van der Waals surface area contributed by atoms with Gasteiger partial charge in [-0.25, -0.2) is 9.78 Å². The van der Waals surface area contributed by atoms with Crippen molar-refractivity contribution in [2.45, 2.75) is 90.8 Å². The van der Waals surface area contributed by atoms with E-state index < -0.39 is 12.7 Å². The number of fused-ring (bicyclic) bond motifs is 3. The van der Waals surface area contributed by atoms with E-state index in [1.165, 1.54) is 0 Å². The predicted octanol–water partition coefficient (Wildman–Crippen LogP) is 6.01. The smallest absolute Gasteiger partial charge is 0.488 e. The van der Waals surface area contributed by atoms with Crippen LogP contribution in [-0.2, 0) is 20.7 Å². The van der Waals surface area contributed by atoms with Crippen LogP contribution in [0.15, 0.2) is 42.6 Å². The number of likely N-dealkylation sites (tertiary alicyclic amines) is 1. The summed E-state index contributed by atoms with van der Waals surface area (Å²) in [5, 5.41) is 0. The maximum Gasteiger partial charge on any atom is 0.494 e. The van der Waals surface area contributed by atoms with Gasteiger partial charge in [-0.1, -0.05) is 24.3 Å². The van der Waals surface area contributed by atoms with Crippen molar-refractivity contribution in [3.63, 3.8) is 0 Å². The van der Waals surface area contributed by atoms with E-state index in [9.17, 15) is 4.79 Å². The zero-order valence-electron chi connectivity index (χ0n) is 24.5. The van der Waals surface area contributed by atoms with Crippen LogP contribution >= 0.6 is 0 Å². The van der Waals surface area contributed by atoms with Gasteiger partial charge in [0.1, 0.15) is 23.8 Å². The molecule has 2 aromatic carbocycles. The average molecular weight is 543 g/mol. The molecule has 3 aromatic rings. The summed E-state index contributed by atoms with van der Waals surface area (Å²) in [7, 11) is -0.403. The summed E-state index contributed by atoms with van der Waals surface area (Å²) in [6.07, 6.45) is 3.30. The van der Waals surface area contributed by atoms with Crippen LogP contribution in [0.3, 0.4) is 0 Å². The van der Waals surface area contributed by atoms with Crippen molar-refractivity contribution in [1.29, 1.82) is 0 Å². The molecular formula is C31H38BN3O5. The minimum atomic E-state index is -0.534. The Labute approximate surface area is 236 Å². The quantitative estimate of drug-likeness (QED) is 0.408. The number of carbonyl (C=O) groups is 1. The van der Waals surface area contributed by atoms with Crippen LogP contribution in [0.1, 0.15) is 78.7 Å². The molecule has 210 valence electrons. The number of rotatable bonds is 3. The zero-order valence-corrected chi connectivity index (χ0v) is 24.5. The fourth-order valence-electron chi connectivity index (χ4n) is 5.55. The molecule has 40 heavy (non-hydrogen) atoms. The number of hydrogen-bond donors (Lipinski definition) is 1. The molecule has 0 spiro atoms. The van der Waals surface area contributed by atoms with Gasteiger partial charge in [-0.2, -0.15) is 0 Å². The van der Waals surface area contributed by atoms with Gasteiger partial charge in [0.15, 0.2) is 0 Å². The minimum Gasteiger partial charge on any atom is -0.488 e. The standard InChI is InChI=1S/C31H38BN3O5/c1-29(2,3)38-28(36)35-14-8-9-25(35)27-33-17-24(34-27)19-10-12-23-22-13-11-21(15-20(22)18-37-26(23)16-19)32-39-30(4,5)31(6,7)40-32/h10-13,15-17,25H,8-9,14,18H2,1-7H3,(H,33,34). The van der Waals surface area contributed by atoms with Crippen molar-refractivity contribution in [3.05, 3.63) is 54.0 Å². The molecule has 1 amide bonds. The molecule has 0 saturated carbocycles. The van der Waals surface area contributed by atoms with E-state index in [0.29, 0.717) is 13.2 Å². The minimum absolute atomic E-state index is 0.123. The molecule has 3 aliphatic heterocycles. The Bertz CT molecular complexity index is 1440. The van der Waals surface area contributed by atoms with Gasteiger partial charge in [0, 0.05) is 17.7 Å². The Balaban J connectivity index is 1.21. The number of imidazole rings is 1. The second-order valence-corrected chi connectivity index (χ2v) is 13.0. The number of ether oxygens (including phenoxy) is 2. The first-order chi connectivity index (χ1) is 18.8. The predicted molar refractivity (Wildman–Crippen MR) is 154 cm³/mol. The SMILES string of the molecule is CC(C)(C)OC(=O)N1CCCC1c1ncc(-c2ccc3c(c2)OCc2cc(B4OC(C)(C)C(C)(C)O4)ccc2-3)[nH]1. The van der Waals surface area contributed by atoms with Crippen LogP contribution in [-0.4, -0.2) is 51.4 Å². The summed E-state index contributed by atoms with van der Waals surface area (Å²) in [5.41, 5.74) is 4.88. The second kappa shape index (κ2) is 9.38. The molecule has 1 aromatic heterocycles. The molecule has 4 heterocycles. The number of carbonyl (C=O) groups excluding carboxylic acids is 1. The third-order valence-electron chi connectivity index (χ3n) is 8.41. The van der Waals surface area contributed by atoms with Crippen molar-refractivity contribution in [2.24, 2.45) is 0 Å². The Morgan fingerprint density at radius 1 is 1.07 bits per heavy atom. The molecule has 1 N–H and O–H groups in total. The highest BCUT2D eigenvalue weighted by atomic mass is 16.7. The van der Waals surface area contributed by atoms with Gasteiger partial charge in [-0.15, -0.1) is 0 Å². The molecule has 1 unspecified atom stereocenters. The van der Waals surface area contributed by atoms with E-state index >= 15 is 0 Å². The van der Waals surface area contributed by atoms with Gasteiger partial charge in [0.05, 0.1) is 29.1 Å². The average Bonchev–Trinajstić information content (AvgIpc) is 3.60. The Kier molecular flexibility index (Phi) is 6.31. The molecule has 9 heteroatoms. The topological polar surface area (TPSA) is 85.9 Å². The van der Waals surface area contributed by atoms with Gasteiger partial charge < -0.3 is 23.8 Å². The highest BCUT2D eigenvalue weighted by molar-refractivity contribution is 6.62. The van der Waals surface area contributed by atoms with Gasteiger partial charge in [-0.3, -0.25) is 4.90 Å². The molecular weight excluding hydrogens is 505 g/mol. The highest BCUT2D eigenvalue weighted by Crippen LogP contribution is 2.41. The molecule has 8 nitrogen and oxygen atoms in total. The van der Waals surface area contributed by atoms with Gasteiger partial charge in [-0.05, 0) is 90.0 Å². The maximum absolute atomic E-state index is 12.8. The van der Waals surface area contributed by atoms with E-state index in [0.717, 1.165) is 57.8 Å². The van der Waals surface area contributed by atoms with Gasteiger partial charge >= 0.3 is 13.2 Å². The Morgan fingerprint density at radius 2 is 1.80 bits per heavy atom. The first kappa shape index (κ1) is 26.9. The molecule has 6 rings (SSSR count). The number of nitrogens with zero attached hydrogens (tertiary/aromatic N) is 2. The lowest BCUT2D eigenvalue weighted by molar-refractivity contribution is 0.00578. The summed E-state index contributed by atoms with van der Waals surface area (Å²) in [6, 6.07) is 12.5. The van der Waals surface area contributed by atoms with Crippen LogP contribution in [0.4, 0.5) is 4.79 Å². The summed E-state index contributed by atoms with van der Waals surface area (Å²) >= 11 is 0. The molecule has 1 atom stereocenters. The normalized spacial score (nSPS) is 21.1. The van der Waals surface area contributed by atoms with Crippen molar-refractivity contribution < 1.29 is 23.6 Å². The van der Waals surface area contributed by atoms with Gasteiger partial charge in [0.25, 0.3) is 0 Å². The summed E-state index contributed by atoms with van der Waals surface area (Å²) < 4.78 is 24.4. The van der Waals surface area contributed by atoms with Crippen LogP contribution in [0.5, 0.6) is 5.75 Å². The fourth-order valence-corrected chi connectivity index (χ4v) is 5.55. The van der Waals surface area contributed by atoms with Crippen LogP contribution in [0.2, 0.25) is 0 Å². The summed E-state index contributed by atoms with van der Waals surface area (Å²) in [5.74, 6) is 1.61. The number of amides is 1. The number of hydrogen-bond acceptors (Lipinski definition) is 6. The Hall–Kier alpha value is -3.30. The summed E-state index contributed by atoms with van der Waals surface area (Å²) in [4.78, 5) is 22.6. The molecule has 3 aliphatic rings. The third kappa shape index (κ3) is 4.79. The van der Waals surface area contributed by atoms with Gasteiger partial charge in [0.2, 0.25) is 0 Å². The highest BCUT2D eigenvalue weighted by Gasteiger charge is 2.51. The largest absolute Gasteiger partial charge is 0.494 e. The van der Waals surface area contributed by atoms with E-state index in [2.05, 4.69) is 74.1 Å². The fraction of sp³-hybridized carbons (Fsp3) is 0.484. The number of H-pyrrole nitrogens is 1. The van der Waals surface area contributed by atoms with Crippen molar-refractivity contribution >= 4 is 18.7 Å². The van der Waals surface area contributed by atoms with Crippen LogP contribution in [0.25, 0.3) is 22.4 Å². The second-order valence-electron chi connectivity index (χ2n) is 13.0. The monoisotopic (exact) mass is 543 g/mol. The van der Waals surface area contributed by atoms with E-state index in [-0.39, 0.29) is 23.3 Å². The first-order valence-electron chi connectivity index (χ1n) is 14.1. The van der Waals surface area contributed by atoms with Crippen LogP contribution < -0.4 is 10.2 Å². The number of benzene rings is 2.